The highest BCUT2D eigenvalue weighted by Crippen LogP contribution is 2.38. The molecular weight excluding hydrogens is 306 g/mol. The summed E-state index contributed by atoms with van der Waals surface area (Å²) in [5, 5.41) is 0. The highest BCUT2D eigenvalue weighted by atomic mass is 32.2. The van der Waals surface area contributed by atoms with Crippen LogP contribution in [0.25, 0.3) is 0 Å². The van der Waals surface area contributed by atoms with E-state index in [9.17, 15) is 8.42 Å². The molecule has 130 valence electrons. The van der Waals surface area contributed by atoms with Gasteiger partial charge in [-0.25, -0.2) is 13.1 Å². The Bertz CT molecular complexity index is 640. The van der Waals surface area contributed by atoms with Crippen LogP contribution in [0.15, 0.2) is 17.0 Å². The van der Waals surface area contributed by atoms with E-state index in [-0.39, 0.29) is 6.04 Å². The van der Waals surface area contributed by atoms with Crippen LogP contribution in [0.5, 0.6) is 0 Å². The summed E-state index contributed by atoms with van der Waals surface area (Å²) in [6, 6.07) is 3.95. The fourth-order valence-electron chi connectivity index (χ4n) is 3.95. The molecule has 4 heteroatoms. The van der Waals surface area contributed by atoms with Crippen molar-refractivity contribution in [2.75, 3.05) is 0 Å². The van der Waals surface area contributed by atoms with Crippen LogP contribution in [-0.2, 0) is 10.0 Å². The summed E-state index contributed by atoms with van der Waals surface area (Å²) >= 11 is 0. The van der Waals surface area contributed by atoms with Gasteiger partial charge in [-0.05, 0) is 68.9 Å². The van der Waals surface area contributed by atoms with Gasteiger partial charge < -0.3 is 0 Å². The first-order chi connectivity index (χ1) is 10.5. The highest BCUT2D eigenvalue weighted by Gasteiger charge is 2.32. The maximum absolute atomic E-state index is 12.8. The van der Waals surface area contributed by atoms with Gasteiger partial charge in [0.25, 0.3) is 0 Å². The maximum Gasteiger partial charge on any atom is 0.241 e. The molecule has 0 heterocycles. The quantitative estimate of drug-likeness (QED) is 0.883. The zero-order valence-corrected chi connectivity index (χ0v) is 16.2. The van der Waals surface area contributed by atoms with E-state index in [0.717, 1.165) is 42.4 Å². The molecule has 0 radical (unpaired) electrons. The van der Waals surface area contributed by atoms with Crippen molar-refractivity contribution < 1.29 is 8.42 Å². The lowest BCUT2D eigenvalue weighted by molar-refractivity contribution is 0.166. The Kier molecular flexibility index (Phi) is 5.27. The molecule has 0 spiro atoms. The van der Waals surface area contributed by atoms with Gasteiger partial charge >= 0.3 is 0 Å². The summed E-state index contributed by atoms with van der Waals surface area (Å²) in [7, 11) is -3.44. The number of sulfonamides is 1. The Labute approximate surface area is 141 Å². The van der Waals surface area contributed by atoms with Crippen molar-refractivity contribution in [3.63, 3.8) is 0 Å². The van der Waals surface area contributed by atoms with Crippen molar-refractivity contribution >= 4 is 10.0 Å². The minimum absolute atomic E-state index is 0.0682. The molecule has 3 nitrogen and oxygen atoms in total. The Hall–Kier alpha value is -0.870. The van der Waals surface area contributed by atoms with Gasteiger partial charge in [0.05, 0.1) is 4.90 Å². The molecule has 1 aliphatic rings. The minimum Gasteiger partial charge on any atom is -0.208 e. The van der Waals surface area contributed by atoms with Crippen molar-refractivity contribution in [2.24, 2.45) is 11.3 Å². The van der Waals surface area contributed by atoms with Gasteiger partial charge in [0.2, 0.25) is 10.0 Å². The lowest BCUT2D eigenvalue weighted by Crippen LogP contribution is -2.39. The van der Waals surface area contributed by atoms with Crippen LogP contribution in [0.3, 0.4) is 0 Å². The SMILES string of the molecule is Cc1cc(C)c(S(=O)(=O)NC2CCC(C(C)(C)C)CC2)c(C)c1. The van der Waals surface area contributed by atoms with Crippen LogP contribution >= 0.6 is 0 Å². The van der Waals surface area contributed by atoms with Gasteiger partial charge in [-0.2, -0.15) is 0 Å². The van der Waals surface area contributed by atoms with Crippen LogP contribution in [0.1, 0.15) is 63.1 Å². The Morgan fingerprint density at radius 3 is 1.87 bits per heavy atom. The summed E-state index contributed by atoms with van der Waals surface area (Å²) in [6.07, 6.45) is 4.07. The third kappa shape index (κ3) is 4.36. The number of nitrogens with one attached hydrogen (secondary N) is 1. The predicted molar refractivity (Wildman–Crippen MR) is 96.2 cm³/mol. The fourth-order valence-corrected chi connectivity index (χ4v) is 5.70. The molecule has 0 unspecified atom stereocenters. The molecule has 1 N–H and O–H groups in total. The lowest BCUT2D eigenvalue weighted by Gasteiger charge is -2.37. The second-order valence-electron chi connectivity index (χ2n) is 8.26. The number of hydrogen-bond donors (Lipinski definition) is 1. The number of hydrogen-bond acceptors (Lipinski definition) is 2. The summed E-state index contributed by atoms with van der Waals surface area (Å²) in [5.41, 5.74) is 3.08. The second kappa shape index (κ2) is 6.56. The predicted octanol–water partition coefficient (Wildman–Crippen LogP) is 4.50. The fraction of sp³-hybridized carbons (Fsp3) is 0.684. The molecule has 1 aliphatic carbocycles. The van der Waals surface area contributed by atoms with Crippen molar-refractivity contribution in [3.05, 3.63) is 28.8 Å². The van der Waals surface area contributed by atoms with Crippen LogP contribution in [0, 0.1) is 32.1 Å². The average molecular weight is 338 g/mol. The van der Waals surface area contributed by atoms with Gasteiger partial charge in [0, 0.05) is 6.04 Å². The molecule has 1 fully saturated rings. The third-order valence-electron chi connectivity index (χ3n) is 5.15. The Balaban J connectivity index is 2.12. The summed E-state index contributed by atoms with van der Waals surface area (Å²) in [4.78, 5) is 0.459. The van der Waals surface area contributed by atoms with Crippen LogP contribution < -0.4 is 4.72 Å². The Morgan fingerprint density at radius 2 is 1.43 bits per heavy atom. The summed E-state index contributed by atoms with van der Waals surface area (Å²) in [6.45, 7) is 12.6. The molecule has 0 aromatic heterocycles. The molecule has 0 saturated heterocycles. The third-order valence-corrected chi connectivity index (χ3v) is 6.97. The number of benzene rings is 1. The van der Waals surface area contributed by atoms with Crippen LogP contribution in [-0.4, -0.2) is 14.5 Å². The van der Waals surface area contributed by atoms with E-state index in [1.54, 1.807) is 0 Å². The van der Waals surface area contributed by atoms with E-state index in [4.69, 9.17) is 0 Å². The van der Waals surface area contributed by atoms with Crippen molar-refractivity contribution in [1.29, 1.82) is 0 Å². The van der Waals surface area contributed by atoms with Gasteiger partial charge in [-0.3, -0.25) is 0 Å². The maximum atomic E-state index is 12.8. The standard InChI is InChI=1S/C19H31NO2S/c1-13-11-14(2)18(15(3)12-13)23(21,22)20-17-9-7-16(8-10-17)19(4,5)6/h11-12,16-17,20H,7-10H2,1-6H3. The first kappa shape index (κ1) is 18.5. The average Bonchev–Trinajstić information content (AvgIpc) is 2.35. The van der Waals surface area contributed by atoms with Gasteiger partial charge in [0.15, 0.2) is 0 Å². The molecular formula is C19H31NO2S. The molecule has 23 heavy (non-hydrogen) atoms. The molecule has 1 saturated carbocycles. The van der Waals surface area contributed by atoms with E-state index in [2.05, 4.69) is 25.5 Å². The molecule has 0 aliphatic heterocycles. The Morgan fingerprint density at radius 1 is 0.957 bits per heavy atom. The van der Waals surface area contributed by atoms with E-state index in [0.29, 0.717) is 16.2 Å². The van der Waals surface area contributed by atoms with Gasteiger partial charge in [0.1, 0.15) is 0 Å². The summed E-state index contributed by atoms with van der Waals surface area (Å²) < 4.78 is 28.6. The smallest absolute Gasteiger partial charge is 0.208 e. The van der Waals surface area contributed by atoms with E-state index in [1.807, 2.05) is 32.9 Å². The number of rotatable bonds is 3. The number of aryl methyl sites for hydroxylation is 3. The largest absolute Gasteiger partial charge is 0.241 e. The van der Waals surface area contributed by atoms with Crippen molar-refractivity contribution in [2.45, 2.75) is 78.2 Å². The lowest BCUT2D eigenvalue weighted by atomic mass is 9.71. The monoisotopic (exact) mass is 337 g/mol. The van der Waals surface area contributed by atoms with Crippen LogP contribution in [0.4, 0.5) is 0 Å². The summed E-state index contributed by atoms with van der Waals surface area (Å²) in [5.74, 6) is 0.686. The molecule has 1 aromatic carbocycles. The van der Waals surface area contributed by atoms with Crippen molar-refractivity contribution in [3.8, 4) is 0 Å². The molecule has 0 amide bonds. The van der Waals surface area contributed by atoms with Gasteiger partial charge in [-0.15, -0.1) is 0 Å². The van der Waals surface area contributed by atoms with Gasteiger partial charge in [-0.1, -0.05) is 38.5 Å². The highest BCUT2D eigenvalue weighted by molar-refractivity contribution is 7.89. The first-order valence-corrected chi connectivity index (χ1v) is 10.1. The molecule has 1 aromatic rings. The minimum atomic E-state index is -3.44. The van der Waals surface area contributed by atoms with E-state index in [1.165, 1.54) is 0 Å². The van der Waals surface area contributed by atoms with Crippen molar-refractivity contribution in [1.82, 2.24) is 4.72 Å². The molecule has 2 rings (SSSR count). The molecule has 0 atom stereocenters. The topological polar surface area (TPSA) is 46.2 Å². The van der Waals surface area contributed by atoms with Crippen LogP contribution in [0.2, 0.25) is 0 Å². The second-order valence-corrected chi connectivity index (χ2v) is 9.91. The molecule has 0 bridgehead atoms. The van der Waals surface area contributed by atoms with E-state index < -0.39 is 10.0 Å². The van der Waals surface area contributed by atoms with E-state index >= 15 is 0 Å². The first-order valence-electron chi connectivity index (χ1n) is 8.61. The zero-order valence-electron chi connectivity index (χ0n) is 15.4. The normalized spacial score (nSPS) is 23.0. The zero-order chi connectivity index (χ0) is 17.4.